The average molecular weight is 258 g/mol. The highest BCUT2D eigenvalue weighted by molar-refractivity contribution is 5.48. The molecule has 96 valence electrons. The zero-order valence-corrected chi connectivity index (χ0v) is 10.3. The number of rotatable bonds is 3. The largest absolute Gasteiger partial charge is 0.366 e. The Morgan fingerprint density at radius 1 is 1.11 bits per heavy atom. The highest BCUT2D eigenvalue weighted by Crippen LogP contribution is 2.22. The molecular formula is C15H12F2N2. The molecule has 2 rings (SSSR count). The van der Waals surface area contributed by atoms with Crippen LogP contribution in [0.15, 0.2) is 42.5 Å². The Kier molecular flexibility index (Phi) is 3.76. The summed E-state index contributed by atoms with van der Waals surface area (Å²) in [5, 5.41) is 12.0. The van der Waals surface area contributed by atoms with E-state index in [9.17, 15) is 8.78 Å². The Labute approximate surface area is 110 Å². The van der Waals surface area contributed by atoms with Gasteiger partial charge in [-0.05, 0) is 37.3 Å². The second-order valence-electron chi connectivity index (χ2n) is 4.24. The van der Waals surface area contributed by atoms with Crippen molar-refractivity contribution in [3.05, 3.63) is 65.2 Å². The van der Waals surface area contributed by atoms with Gasteiger partial charge in [0.25, 0.3) is 0 Å². The molecule has 4 heteroatoms. The Balaban J connectivity index is 2.28. The third-order valence-electron chi connectivity index (χ3n) is 2.75. The number of nitrogens with one attached hydrogen (secondary N) is 1. The summed E-state index contributed by atoms with van der Waals surface area (Å²) in [6.45, 7) is 1.83. The lowest BCUT2D eigenvalue weighted by Gasteiger charge is -2.14. The molecule has 0 aliphatic rings. The Bertz CT molecular complexity index is 615. The number of hydrogen-bond donors (Lipinski definition) is 1. The summed E-state index contributed by atoms with van der Waals surface area (Å²) in [5.74, 6) is -0.799. The summed E-state index contributed by atoms with van der Waals surface area (Å²) in [7, 11) is 0. The van der Waals surface area contributed by atoms with Gasteiger partial charge in [-0.2, -0.15) is 5.26 Å². The quantitative estimate of drug-likeness (QED) is 0.904. The number of nitriles is 1. The summed E-state index contributed by atoms with van der Waals surface area (Å²) >= 11 is 0. The highest BCUT2D eigenvalue weighted by atomic mass is 19.1. The van der Waals surface area contributed by atoms with E-state index >= 15 is 0 Å². The van der Waals surface area contributed by atoms with Crippen LogP contribution in [0.4, 0.5) is 14.5 Å². The van der Waals surface area contributed by atoms with Crippen molar-refractivity contribution < 1.29 is 8.78 Å². The first-order valence-electron chi connectivity index (χ1n) is 5.78. The van der Waals surface area contributed by atoms with Crippen LogP contribution < -0.4 is 5.32 Å². The van der Waals surface area contributed by atoms with Gasteiger partial charge in [0, 0.05) is 11.3 Å². The van der Waals surface area contributed by atoms with Gasteiger partial charge >= 0.3 is 0 Å². The first-order valence-corrected chi connectivity index (χ1v) is 5.78. The first kappa shape index (κ1) is 13.0. The third-order valence-corrected chi connectivity index (χ3v) is 2.75. The second kappa shape index (κ2) is 5.49. The molecule has 2 aromatic carbocycles. The molecule has 2 nitrogen and oxygen atoms in total. The smallest absolute Gasteiger partial charge is 0.143 e. The van der Waals surface area contributed by atoms with Crippen LogP contribution in [0.25, 0.3) is 0 Å². The molecule has 0 aliphatic carbocycles. The predicted molar refractivity (Wildman–Crippen MR) is 69.5 cm³/mol. The number of nitrogens with zero attached hydrogens (tertiary/aromatic N) is 1. The Morgan fingerprint density at radius 2 is 1.79 bits per heavy atom. The van der Waals surface area contributed by atoms with E-state index in [1.165, 1.54) is 30.3 Å². The fourth-order valence-corrected chi connectivity index (χ4v) is 1.78. The van der Waals surface area contributed by atoms with Gasteiger partial charge in [-0.15, -0.1) is 0 Å². The summed E-state index contributed by atoms with van der Waals surface area (Å²) in [6, 6.07) is 11.4. The SMILES string of the molecule is Cc1ccc(F)c(C(C#N)Nc2ccc(F)cc2)c1. The average Bonchev–Trinajstić information content (AvgIpc) is 2.41. The maximum Gasteiger partial charge on any atom is 0.143 e. The van der Waals surface area contributed by atoms with Crippen LogP contribution in [0.2, 0.25) is 0 Å². The normalized spacial score (nSPS) is 11.7. The molecule has 0 aromatic heterocycles. The van der Waals surface area contributed by atoms with Gasteiger partial charge in [0.1, 0.15) is 17.7 Å². The fraction of sp³-hybridized carbons (Fsp3) is 0.133. The topological polar surface area (TPSA) is 35.8 Å². The van der Waals surface area contributed by atoms with Crippen molar-refractivity contribution >= 4 is 5.69 Å². The Morgan fingerprint density at radius 3 is 2.42 bits per heavy atom. The number of hydrogen-bond acceptors (Lipinski definition) is 2. The van der Waals surface area contributed by atoms with Crippen molar-refractivity contribution in [1.29, 1.82) is 5.26 Å². The molecule has 0 fully saturated rings. The van der Waals surface area contributed by atoms with Gasteiger partial charge < -0.3 is 5.32 Å². The zero-order valence-electron chi connectivity index (χ0n) is 10.3. The maximum atomic E-state index is 13.7. The molecule has 0 bridgehead atoms. The molecule has 1 atom stereocenters. The van der Waals surface area contributed by atoms with Crippen LogP contribution in [-0.2, 0) is 0 Å². The van der Waals surface area contributed by atoms with Crippen LogP contribution in [0.3, 0.4) is 0 Å². The number of halogens is 2. The monoisotopic (exact) mass is 258 g/mol. The van der Waals surface area contributed by atoms with E-state index in [0.717, 1.165) is 5.56 Å². The number of benzene rings is 2. The summed E-state index contributed by atoms with van der Waals surface area (Å²) < 4.78 is 26.5. The molecule has 2 aromatic rings. The van der Waals surface area contributed by atoms with Gasteiger partial charge in [-0.1, -0.05) is 17.7 Å². The zero-order chi connectivity index (χ0) is 13.8. The van der Waals surface area contributed by atoms with Crippen LogP contribution >= 0.6 is 0 Å². The summed E-state index contributed by atoms with van der Waals surface area (Å²) in [4.78, 5) is 0. The molecule has 0 saturated carbocycles. The molecule has 0 spiro atoms. The number of aryl methyl sites for hydroxylation is 1. The van der Waals surface area contributed by atoms with E-state index in [-0.39, 0.29) is 11.4 Å². The lowest BCUT2D eigenvalue weighted by molar-refractivity contribution is 0.606. The number of anilines is 1. The van der Waals surface area contributed by atoms with Gasteiger partial charge in [0.2, 0.25) is 0 Å². The van der Waals surface area contributed by atoms with E-state index in [0.29, 0.717) is 5.69 Å². The van der Waals surface area contributed by atoms with Crippen molar-refractivity contribution in [3.8, 4) is 6.07 Å². The molecule has 0 heterocycles. The van der Waals surface area contributed by atoms with Gasteiger partial charge in [-0.25, -0.2) is 8.78 Å². The second-order valence-corrected chi connectivity index (χ2v) is 4.24. The van der Waals surface area contributed by atoms with Crippen molar-refractivity contribution in [1.82, 2.24) is 0 Å². The van der Waals surface area contributed by atoms with Gasteiger partial charge in [0.05, 0.1) is 6.07 Å². The lowest BCUT2D eigenvalue weighted by atomic mass is 10.0. The van der Waals surface area contributed by atoms with Crippen LogP contribution in [0.1, 0.15) is 17.2 Å². The molecule has 0 saturated heterocycles. The first-order chi connectivity index (χ1) is 9.10. The molecule has 19 heavy (non-hydrogen) atoms. The van der Waals surface area contributed by atoms with Crippen molar-refractivity contribution in [2.24, 2.45) is 0 Å². The van der Waals surface area contributed by atoms with Crippen LogP contribution in [0.5, 0.6) is 0 Å². The molecule has 0 amide bonds. The van der Waals surface area contributed by atoms with Crippen molar-refractivity contribution in [2.75, 3.05) is 5.32 Å². The minimum atomic E-state index is -0.814. The molecule has 1 unspecified atom stereocenters. The van der Waals surface area contributed by atoms with Crippen LogP contribution in [-0.4, -0.2) is 0 Å². The van der Waals surface area contributed by atoms with Crippen LogP contribution in [0, 0.1) is 29.9 Å². The van der Waals surface area contributed by atoms with Gasteiger partial charge in [-0.3, -0.25) is 0 Å². The summed E-state index contributed by atoms with van der Waals surface area (Å²) in [6.07, 6.45) is 0. The van der Waals surface area contributed by atoms with E-state index < -0.39 is 11.9 Å². The van der Waals surface area contributed by atoms with E-state index in [1.807, 2.05) is 13.0 Å². The Hall–Kier alpha value is -2.41. The van der Waals surface area contributed by atoms with Crippen molar-refractivity contribution in [3.63, 3.8) is 0 Å². The molecule has 0 radical (unpaired) electrons. The minimum absolute atomic E-state index is 0.284. The molecular weight excluding hydrogens is 246 g/mol. The molecule has 0 aliphatic heterocycles. The van der Waals surface area contributed by atoms with E-state index in [2.05, 4.69) is 5.32 Å². The summed E-state index contributed by atoms with van der Waals surface area (Å²) in [5.41, 5.74) is 1.72. The van der Waals surface area contributed by atoms with Crippen molar-refractivity contribution in [2.45, 2.75) is 13.0 Å². The highest BCUT2D eigenvalue weighted by Gasteiger charge is 2.15. The van der Waals surface area contributed by atoms with E-state index in [1.54, 1.807) is 12.1 Å². The minimum Gasteiger partial charge on any atom is -0.366 e. The predicted octanol–water partition coefficient (Wildman–Crippen LogP) is 3.95. The van der Waals surface area contributed by atoms with E-state index in [4.69, 9.17) is 5.26 Å². The van der Waals surface area contributed by atoms with Gasteiger partial charge in [0.15, 0.2) is 0 Å². The lowest BCUT2D eigenvalue weighted by Crippen LogP contribution is -2.10. The molecule has 1 N–H and O–H groups in total. The third kappa shape index (κ3) is 3.08. The standard InChI is InChI=1S/C15H12F2N2/c1-10-2-7-14(17)13(8-10)15(9-18)19-12-5-3-11(16)4-6-12/h2-8,15,19H,1H3. The maximum absolute atomic E-state index is 13.7. The fourth-order valence-electron chi connectivity index (χ4n) is 1.78.